The summed E-state index contributed by atoms with van der Waals surface area (Å²) in [4.78, 5) is 13.0. The highest BCUT2D eigenvalue weighted by molar-refractivity contribution is 5.80. The van der Waals surface area contributed by atoms with E-state index in [1.54, 1.807) is 19.1 Å². The first-order valence-electron chi connectivity index (χ1n) is 8.19. The van der Waals surface area contributed by atoms with Gasteiger partial charge in [-0.1, -0.05) is 43.3 Å². The van der Waals surface area contributed by atoms with Gasteiger partial charge in [0, 0.05) is 0 Å². The number of hydrogen-bond acceptors (Lipinski definition) is 3. The number of allylic oxidation sites excluding steroid dienone is 1. The number of hydrogen-bond donors (Lipinski definition) is 1. The normalized spacial score (nSPS) is 27.6. The fourth-order valence-electron chi connectivity index (χ4n) is 3.94. The van der Waals surface area contributed by atoms with Gasteiger partial charge in [0.2, 0.25) is 0 Å². The Morgan fingerprint density at radius 1 is 1.43 bits per heavy atom. The summed E-state index contributed by atoms with van der Waals surface area (Å²) in [6, 6.07) is 7.77. The lowest BCUT2D eigenvalue weighted by molar-refractivity contribution is -0.188. The molecule has 0 fully saturated rings. The van der Waals surface area contributed by atoms with Crippen molar-refractivity contribution in [3.8, 4) is 0 Å². The standard InChI is InChI=1S/C20H26O3/c1-5-13-20(22)17-11-9-8-10-16(17)12-14-19(20,15(4)6-2)18(21)23-7-3/h5-6,8-11,15,22H,1-2,7,12-14H2,3-4H3/t15-,19+,20+/m0/s1. The molecular formula is C20H26O3. The Kier molecular flexibility index (Phi) is 5.10. The Morgan fingerprint density at radius 2 is 2.13 bits per heavy atom. The number of aryl methyl sites for hydroxylation is 1. The van der Waals surface area contributed by atoms with Crippen molar-refractivity contribution >= 4 is 5.97 Å². The highest BCUT2D eigenvalue weighted by atomic mass is 16.5. The highest BCUT2D eigenvalue weighted by Gasteiger charge is 2.61. The minimum absolute atomic E-state index is 0.222. The molecule has 0 heterocycles. The van der Waals surface area contributed by atoms with E-state index >= 15 is 0 Å². The smallest absolute Gasteiger partial charge is 0.315 e. The van der Waals surface area contributed by atoms with Crippen molar-refractivity contribution < 1.29 is 14.6 Å². The first-order valence-corrected chi connectivity index (χ1v) is 8.19. The molecule has 0 spiro atoms. The van der Waals surface area contributed by atoms with Crippen LogP contribution in [0.15, 0.2) is 49.6 Å². The first-order chi connectivity index (χ1) is 11.0. The molecule has 1 aromatic carbocycles. The van der Waals surface area contributed by atoms with E-state index in [1.165, 1.54) is 0 Å². The summed E-state index contributed by atoms with van der Waals surface area (Å²) >= 11 is 0. The molecule has 3 atom stereocenters. The number of ether oxygens (including phenoxy) is 1. The van der Waals surface area contributed by atoms with E-state index < -0.39 is 11.0 Å². The second-order valence-electron chi connectivity index (χ2n) is 6.23. The van der Waals surface area contributed by atoms with E-state index in [4.69, 9.17) is 4.74 Å². The molecule has 0 bridgehead atoms. The van der Waals surface area contributed by atoms with Crippen molar-refractivity contribution in [1.29, 1.82) is 0 Å². The second-order valence-corrected chi connectivity index (χ2v) is 6.23. The maximum Gasteiger partial charge on any atom is 0.315 e. The molecule has 0 amide bonds. The number of esters is 1. The largest absolute Gasteiger partial charge is 0.465 e. The molecule has 3 nitrogen and oxygen atoms in total. The van der Waals surface area contributed by atoms with Gasteiger partial charge in [-0.2, -0.15) is 0 Å². The monoisotopic (exact) mass is 314 g/mol. The molecule has 0 saturated carbocycles. The van der Waals surface area contributed by atoms with Crippen molar-refractivity contribution in [1.82, 2.24) is 0 Å². The summed E-state index contributed by atoms with van der Waals surface area (Å²) in [6.45, 7) is 11.6. The molecule has 2 rings (SSSR count). The maximum atomic E-state index is 13.0. The van der Waals surface area contributed by atoms with Crippen LogP contribution < -0.4 is 0 Å². The van der Waals surface area contributed by atoms with Crippen molar-refractivity contribution in [3.05, 3.63) is 60.7 Å². The lowest BCUT2D eigenvalue weighted by atomic mass is 9.54. The molecule has 0 saturated heterocycles. The number of fused-ring (bicyclic) bond motifs is 1. The summed E-state index contributed by atoms with van der Waals surface area (Å²) in [5.41, 5.74) is -0.516. The first kappa shape index (κ1) is 17.5. The third kappa shape index (κ3) is 2.53. The molecule has 1 aliphatic carbocycles. The van der Waals surface area contributed by atoms with E-state index in [0.29, 0.717) is 12.8 Å². The number of carbonyl (C=O) groups excluding carboxylic acids is 1. The van der Waals surface area contributed by atoms with Crippen LogP contribution in [0.2, 0.25) is 0 Å². The average Bonchev–Trinajstić information content (AvgIpc) is 2.55. The maximum absolute atomic E-state index is 13.0. The molecule has 23 heavy (non-hydrogen) atoms. The van der Waals surface area contributed by atoms with Gasteiger partial charge in [-0.25, -0.2) is 0 Å². The van der Waals surface area contributed by atoms with Crippen LogP contribution in [-0.2, 0) is 21.6 Å². The van der Waals surface area contributed by atoms with Crippen LogP contribution in [0.3, 0.4) is 0 Å². The van der Waals surface area contributed by atoms with Crippen LogP contribution in [0.4, 0.5) is 0 Å². The number of rotatable bonds is 6. The summed E-state index contributed by atoms with van der Waals surface area (Å²) in [5.74, 6) is -0.578. The van der Waals surface area contributed by atoms with Gasteiger partial charge in [0.05, 0.1) is 6.61 Å². The topological polar surface area (TPSA) is 46.5 Å². The van der Waals surface area contributed by atoms with Crippen molar-refractivity contribution in [2.75, 3.05) is 6.61 Å². The molecule has 0 aromatic heterocycles. The van der Waals surface area contributed by atoms with Crippen molar-refractivity contribution in [2.24, 2.45) is 11.3 Å². The second kappa shape index (κ2) is 6.71. The third-order valence-corrected chi connectivity index (χ3v) is 5.20. The predicted molar refractivity (Wildman–Crippen MR) is 91.9 cm³/mol. The Balaban J connectivity index is 2.72. The van der Waals surface area contributed by atoms with Crippen LogP contribution in [0.5, 0.6) is 0 Å². The van der Waals surface area contributed by atoms with Crippen LogP contribution in [-0.4, -0.2) is 17.7 Å². The van der Waals surface area contributed by atoms with Gasteiger partial charge < -0.3 is 9.84 Å². The Bertz CT molecular complexity index is 607. The van der Waals surface area contributed by atoms with Crippen LogP contribution in [0, 0.1) is 11.3 Å². The minimum atomic E-state index is -1.34. The van der Waals surface area contributed by atoms with E-state index in [0.717, 1.165) is 17.5 Å². The SMILES string of the molecule is C=CC[C@@]1(O)c2ccccc2CC[C@]1(C(=O)OCC)[C@@H](C)C=C. The molecule has 0 unspecified atom stereocenters. The van der Waals surface area contributed by atoms with Crippen LogP contribution in [0.1, 0.15) is 37.8 Å². The molecule has 0 aliphatic heterocycles. The van der Waals surface area contributed by atoms with Gasteiger partial charge in [0.25, 0.3) is 0 Å². The summed E-state index contributed by atoms with van der Waals surface area (Å²) in [5, 5.41) is 11.7. The van der Waals surface area contributed by atoms with Gasteiger partial charge >= 0.3 is 5.97 Å². The lowest BCUT2D eigenvalue weighted by Gasteiger charge is -2.51. The number of benzene rings is 1. The van der Waals surface area contributed by atoms with Gasteiger partial charge in [-0.05, 0) is 43.2 Å². The average molecular weight is 314 g/mol. The summed E-state index contributed by atoms with van der Waals surface area (Å²) < 4.78 is 5.38. The van der Waals surface area contributed by atoms with Gasteiger partial charge in [0.15, 0.2) is 0 Å². The fourth-order valence-corrected chi connectivity index (χ4v) is 3.94. The van der Waals surface area contributed by atoms with E-state index in [2.05, 4.69) is 13.2 Å². The Hall–Kier alpha value is -1.87. The van der Waals surface area contributed by atoms with E-state index in [-0.39, 0.29) is 18.5 Å². The molecule has 3 heteroatoms. The summed E-state index contributed by atoms with van der Waals surface area (Å²) in [6.07, 6.45) is 4.96. The molecule has 124 valence electrons. The lowest BCUT2D eigenvalue weighted by Crippen LogP contribution is -2.57. The van der Waals surface area contributed by atoms with Crippen molar-refractivity contribution in [3.63, 3.8) is 0 Å². The zero-order valence-corrected chi connectivity index (χ0v) is 14.0. The zero-order valence-electron chi connectivity index (χ0n) is 14.0. The minimum Gasteiger partial charge on any atom is -0.465 e. The van der Waals surface area contributed by atoms with Gasteiger partial charge in [-0.3, -0.25) is 4.79 Å². The third-order valence-electron chi connectivity index (χ3n) is 5.20. The quantitative estimate of drug-likeness (QED) is 0.642. The van der Waals surface area contributed by atoms with Crippen LogP contribution in [0.25, 0.3) is 0 Å². The molecule has 1 aliphatic rings. The number of aliphatic hydroxyl groups is 1. The number of carbonyl (C=O) groups is 1. The molecule has 1 N–H and O–H groups in total. The van der Waals surface area contributed by atoms with E-state index in [1.807, 2.05) is 31.2 Å². The molecular weight excluding hydrogens is 288 g/mol. The Labute approximate surface area is 138 Å². The predicted octanol–water partition coefficient (Wildman–Crippen LogP) is 3.77. The van der Waals surface area contributed by atoms with Crippen molar-refractivity contribution in [2.45, 2.75) is 38.7 Å². The highest BCUT2D eigenvalue weighted by Crippen LogP contribution is 2.55. The van der Waals surface area contributed by atoms with Crippen LogP contribution >= 0.6 is 0 Å². The summed E-state index contributed by atoms with van der Waals surface area (Å²) in [7, 11) is 0. The van der Waals surface area contributed by atoms with Gasteiger partial charge in [0.1, 0.15) is 11.0 Å². The molecule has 0 radical (unpaired) electrons. The zero-order chi connectivity index (χ0) is 17.1. The Morgan fingerprint density at radius 3 is 2.74 bits per heavy atom. The molecule has 1 aromatic rings. The van der Waals surface area contributed by atoms with E-state index in [9.17, 15) is 9.90 Å². The fraction of sp³-hybridized carbons (Fsp3) is 0.450. The van der Waals surface area contributed by atoms with Gasteiger partial charge in [-0.15, -0.1) is 13.2 Å².